The number of nitrogens with zero attached hydrogens (tertiary/aromatic N) is 3. The van der Waals surface area contributed by atoms with Crippen LogP contribution in [0.2, 0.25) is 0 Å². The topological polar surface area (TPSA) is 117 Å². The number of alkyl carbamates (subject to hydrolysis) is 1. The van der Waals surface area contributed by atoms with Crippen LogP contribution in [0.3, 0.4) is 0 Å². The molecular weight excluding hydrogens is 378 g/mol. The summed E-state index contributed by atoms with van der Waals surface area (Å²) in [6, 6.07) is 0.299. The van der Waals surface area contributed by atoms with Crippen molar-refractivity contribution in [3.8, 4) is 0 Å². The molecule has 0 aromatic carbocycles. The molecule has 1 saturated heterocycles. The SMILES string of the molecule is CC[C@H](C)[C@H](NC(=O)OC(C)(C)C)C(=O)N1CCCN1C(=O)Nc1cc(C)on1. The first-order valence-electron chi connectivity index (χ1n) is 9.84. The summed E-state index contributed by atoms with van der Waals surface area (Å²) in [6.07, 6.45) is 0.644. The van der Waals surface area contributed by atoms with Gasteiger partial charge in [0.15, 0.2) is 5.82 Å². The Labute approximate surface area is 170 Å². The summed E-state index contributed by atoms with van der Waals surface area (Å²) in [5.41, 5.74) is -0.678. The van der Waals surface area contributed by atoms with Gasteiger partial charge in [-0.25, -0.2) is 19.6 Å². The fourth-order valence-corrected chi connectivity index (χ4v) is 2.93. The van der Waals surface area contributed by atoms with Crippen LogP contribution >= 0.6 is 0 Å². The maximum Gasteiger partial charge on any atom is 0.408 e. The van der Waals surface area contributed by atoms with Crippen molar-refractivity contribution < 1.29 is 23.6 Å². The van der Waals surface area contributed by atoms with E-state index in [9.17, 15) is 14.4 Å². The van der Waals surface area contributed by atoms with Crippen molar-refractivity contribution in [2.24, 2.45) is 5.92 Å². The molecular formula is C19H31N5O5. The summed E-state index contributed by atoms with van der Waals surface area (Å²) >= 11 is 0. The maximum atomic E-state index is 13.2. The maximum absolute atomic E-state index is 13.2. The van der Waals surface area contributed by atoms with Crippen molar-refractivity contribution in [1.29, 1.82) is 0 Å². The Kier molecular flexibility index (Phi) is 7.10. The number of carbonyl (C=O) groups is 3. The van der Waals surface area contributed by atoms with Crippen molar-refractivity contribution >= 4 is 23.8 Å². The number of amides is 4. The van der Waals surface area contributed by atoms with Gasteiger partial charge in [0.05, 0.1) is 0 Å². The Morgan fingerprint density at radius 1 is 1.28 bits per heavy atom. The van der Waals surface area contributed by atoms with Crippen LogP contribution in [0.15, 0.2) is 10.6 Å². The number of nitrogens with one attached hydrogen (secondary N) is 2. The van der Waals surface area contributed by atoms with Gasteiger partial charge in [-0.15, -0.1) is 0 Å². The van der Waals surface area contributed by atoms with Crippen molar-refractivity contribution in [1.82, 2.24) is 20.5 Å². The number of aromatic nitrogens is 1. The Morgan fingerprint density at radius 3 is 2.48 bits per heavy atom. The van der Waals surface area contributed by atoms with Gasteiger partial charge >= 0.3 is 12.1 Å². The molecule has 0 saturated carbocycles. The highest BCUT2D eigenvalue weighted by Gasteiger charge is 2.38. The third kappa shape index (κ3) is 6.10. The number of urea groups is 1. The van der Waals surface area contributed by atoms with Gasteiger partial charge in [-0.3, -0.25) is 10.1 Å². The van der Waals surface area contributed by atoms with Gasteiger partial charge in [0.1, 0.15) is 17.4 Å². The normalized spacial score (nSPS) is 16.3. The Balaban J connectivity index is 2.11. The first-order valence-corrected chi connectivity index (χ1v) is 9.84. The molecule has 1 aromatic rings. The van der Waals surface area contributed by atoms with Crippen LogP contribution in [0.1, 0.15) is 53.2 Å². The standard InChI is InChI=1S/C19H31N5O5/c1-7-12(2)15(21-18(27)28-19(4,5)6)16(25)23-9-8-10-24(23)17(26)20-14-11-13(3)29-22-14/h11-12,15H,7-10H2,1-6H3,(H,21,27)(H,20,22,26)/t12-,15-/m0/s1. The van der Waals surface area contributed by atoms with E-state index >= 15 is 0 Å². The van der Waals surface area contributed by atoms with E-state index in [1.165, 1.54) is 10.0 Å². The van der Waals surface area contributed by atoms with E-state index in [0.29, 0.717) is 31.7 Å². The molecule has 0 radical (unpaired) electrons. The largest absolute Gasteiger partial charge is 0.444 e. The first-order chi connectivity index (χ1) is 13.5. The zero-order valence-corrected chi connectivity index (χ0v) is 17.9. The van der Waals surface area contributed by atoms with Crippen molar-refractivity contribution in [3.63, 3.8) is 0 Å². The molecule has 1 fully saturated rings. The van der Waals surface area contributed by atoms with Crippen LogP contribution in [-0.4, -0.2) is 57.9 Å². The molecule has 29 heavy (non-hydrogen) atoms. The van der Waals surface area contributed by atoms with Gasteiger partial charge in [-0.05, 0) is 40.0 Å². The molecule has 1 aliphatic rings. The van der Waals surface area contributed by atoms with Crippen molar-refractivity contribution in [3.05, 3.63) is 11.8 Å². The number of hydrogen-bond donors (Lipinski definition) is 2. The van der Waals surface area contributed by atoms with Crippen molar-refractivity contribution in [2.45, 2.75) is 66.0 Å². The smallest absolute Gasteiger partial charge is 0.408 e. The van der Waals surface area contributed by atoms with Crippen LogP contribution < -0.4 is 10.6 Å². The molecule has 0 bridgehead atoms. The van der Waals surface area contributed by atoms with E-state index in [0.717, 1.165) is 0 Å². The van der Waals surface area contributed by atoms with Gasteiger partial charge < -0.3 is 14.6 Å². The van der Waals surface area contributed by atoms with E-state index in [1.807, 2.05) is 13.8 Å². The van der Waals surface area contributed by atoms with Crippen LogP contribution in [0.25, 0.3) is 0 Å². The average molecular weight is 409 g/mol. The number of carbonyl (C=O) groups excluding carboxylic acids is 3. The van der Waals surface area contributed by atoms with Crippen molar-refractivity contribution in [2.75, 3.05) is 18.4 Å². The molecule has 0 spiro atoms. The Hall–Kier alpha value is -2.78. The van der Waals surface area contributed by atoms with Gasteiger partial charge in [0, 0.05) is 19.2 Å². The fraction of sp³-hybridized carbons (Fsp3) is 0.684. The lowest BCUT2D eigenvalue weighted by Crippen LogP contribution is -2.56. The molecule has 2 N–H and O–H groups in total. The molecule has 2 heterocycles. The molecule has 2 rings (SSSR count). The number of anilines is 1. The third-order valence-electron chi connectivity index (χ3n) is 4.53. The second kappa shape index (κ2) is 9.15. The highest BCUT2D eigenvalue weighted by atomic mass is 16.6. The van der Waals surface area contributed by atoms with E-state index in [4.69, 9.17) is 9.26 Å². The van der Waals surface area contributed by atoms with E-state index in [2.05, 4.69) is 15.8 Å². The summed E-state index contributed by atoms with van der Waals surface area (Å²) in [5.74, 6) is 0.345. The summed E-state index contributed by atoms with van der Waals surface area (Å²) < 4.78 is 10.2. The minimum absolute atomic E-state index is 0.140. The molecule has 0 unspecified atom stereocenters. The predicted octanol–water partition coefficient (Wildman–Crippen LogP) is 2.90. The van der Waals surface area contributed by atoms with E-state index in [1.54, 1.807) is 33.8 Å². The molecule has 4 amide bonds. The van der Waals surface area contributed by atoms with Crippen LogP contribution in [-0.2, 0) is 9.53 Å². The Morgan fingerprint density at radius 2 is 1.93 bits per heavy atom. The second-order valence-electron chi connectivity index (χ2n) is 8.20. The lowest BCUT2D eigenvalue weighted by atomic mass is 9.98. The van der Waals surface area contributed by atoms with Crippen LogP contribution in [0.5, 0.6) is 0 Å². The predicted molar refractivity (Wildman–Crippen MR) is 106 cm³/mol. The third-order valence-corrected chi connectivity index (χ3v) is 4.53. The second-order valence-corrected chi connectivity index (χ2v) is 8.20. The molecule has 1 aliphatic heterocycles. The minimum atomic E-state index is -0.808. The number of hydrazine groups is 1. The number of hydrogen-bond acceptors (Lipinski definition) is 6. The molecule has 10 heteroatoms. The van der Waals surface area contributed by atoms with Gasteiger partial charge in [-0.2, -0.15) is 0 Å². The van der Waals surface area contributed by atoms with Crippen LogP contribution in [0, 0.1) is 12.8 Å². The number of aryl methyl sites for hydroxylation is 1. The van der Waals surface area contributed by atoms with Gasteiger partial charge in [-0.1, -0.05) is 25.4 Å². The number of rotatable bonds is 5. The monoisotopic (exact) mass is 409 g/mol. The summed E-state index contributed by atoms with van der Waals surface area (Å²) in [4.78, 5) is 38.1. The quantitative estimate of drug-likeness (QED) is 0.772. The summed E-state index contributed by atoms with van der Waals surface area (Å²) in [6.45, 7) is 11.6. The zero-order valence-electron chi connectivity index (χ0n) is 17.9. The average Bonchev–Trinajstić information content (AvgIpc) is 3.26. The first kappa shape index (κ1) is 22.5. The fourth-order valence-electron chi connectivity index (χ4n) is 2.93. The number of ether oxygens (including phenoxy) is 1. The highest BCUT2D eigenvalue weighted by Crippen LogP contribution is 2.19. The van der Waals surface area contributed by atoms with E-state index in [-0.39, 0.29) is 17.6 Å². The van der Waals surface area contributed by atoms with E-state index < -0.39 is 23.8 Å². The minimum Gasteiger partial charge on any atom is -0.444 e. The lowest BCUT2D eigenvalue weighted by molar-refractivity contribution is -0.143. The molecule has 162 valence electrons. The zero-order chi connectivity index (χ0) is 21.8. The molecule has 10 nitrogen and oxygen atoms in total. The van der Waals surface area contributed by atoms with Gasteiger partial charge in [0.2, 0.25) is 0 Å². The Bertz CT molecular complexity index is 742. The highest BCUT2D eigenvalue weighted by molar-refractivity contribution is 5.92. The van der Waals surface area contributed by atoms with Gasteiger partial charge in [0.25, 0.3) is 5.91 Å². The lowest BCUT2D eigenvalue weighted by Gasteiger charge is -2.33. The van der Waals surface area contributed by atoms with Crippen LogP contribution in [0.4, 0.5) is 15.4 Å². The molecule has 1 aromatic heterocycles. The molecule has 2 atom stereocenters. The molecule has 0 aliphatic carbocycles. The summed E-state index contributed by atoms with van der Waals surface area (Å²) in [5, 5.41) is 11.7. The summed E-state index contributed by atoms with van der Waals surface area (Å²) in [7, 11) is 0.